The maximum atomic E-state index is 12.9. The average molecular weight is 296 g/mol. The van der Waals surface area contributed by atoms with Crippen LogP contribution in [0.25, 0.3) is 0 Å². The molecule has 0 saturated heterocycles. The van der Waals surface area contributed by atoms with Gasteiger partial charge in [-0.2, -0.15) is 0 Å². The van der Waals surface area contributed by atoms with Gasteiger partial charge in [-0.05, 0) is 31.5 Å². The van der Waals surface area contributed by atoms with Crippen molar-refractivity contribution in [1.82, 2.24) is 10.6 Å². The van der Waals surface area contributed by atoms with Gasteiger partial charge in [-0.1, -0.05) is 12.1 Å². The monoisotopic (exact) mass is 296 g/mol. The molecule has 7 heteroatoms. The van der Waals surface area contributed by atoms with E-state index >= 15 is 0 Å². The Morgan fingerprint density at radius 2 is 1.90 bits per heavy atom. The van der Waals surface area contributed by atoms with E-state index in [1.807, 2.05) is 0 Å². The summed E-state index contributed by atoms with van der Waals surface area (Å²) in [4.78, 5) is 34.0. The lowest BCUT2D eigenvalue weighted by Crippen LogP contribution is -2.52. The molecule has 0 heterocycles. The molecule has 3 N–H and O–H groups in total. The first-order valence-electron chi connectivity index (χ1n) is 6.26. The number of carbonyl (C=O) groups is 3. The second-order valence-electron chi connectivity index (χ2n) is 5.06. The van der Waals surface area contributed by atoms with Gasteiger partial charge < -0.3 is 15.7 Å². The minimum Gasteiger partial charge on any atom is -0.480 e. The Morgan fingerprint density at radius 1 is 1.24 bits per heavy atom. The topological polar surface area (TPSA) is 95.5 Å². The zero-order chi connectivity index (χ0) is 16.0. The van der Waals surface area contributed by atoms with E-state index in [-0.39, 0.29) is 13.0 Å². The molecule has 2 amide bonds. The first-order chi connectivity index (χ1) is 9.70. The van der Waals surface area contributed by atoms with Gasteiger partial charge in [0.15, 0.2) is 0 Å². The van der Waals surface area contributed by atoms with Crippen LogP contribution in [0.5, 0.6) is 0 Å². The summed E-state index contributed by atoms with van der Waals surface area (Å²) in [5.74, 6) is -2.69. The number of benzene rings is 1. The van der Waals surface area contributed by atoms with Crippen LogP contribution < -0.4 is 10.6 Å². The SMILES string of the molecule is CC(C)(NC(=O)CNC(=O)Cc1cccc(F)c1)C(=O)O. The van der Waals surface area contributed by atoms with Gasteiger partial charge in [-0.3, -0.25) is 9.59 Å². The number of aliphatic carboxylic acids is 1. The number of carboxylic acid groups (broad SMARTS) is 1. The highest BCUT2D eigenvalue weighted by Gasteiger charge is 2.28. The van der Waals surface area contributed by atoms with Gasteiger partial charge >= 0.3 is 5.97 Å². The molecule has 6 nitrogen and oxygen atoms in total. The van der Waals surface area contributed by atoms with E-state index in [0.29, 0.717) is 5.56 Å². The van der Waals surface area contributed by atoms with Crippen molar-refractivity contribution < 1.29 is 23.9 Å². The minimum atomic E-state index is -1.41. The zero-order valence-electron chi connectivity index (χ0n) is 11.8. The Labute approximate surface area is 121 Å². The lowest BCUT2D eigenvalue weighted by Gasteiger charge is -2.21. The fourth-order valence-corrected chi connectivity index (χ4v) is 1.52. The number of carboxylic acids is 1. The van der Waals surface area contributed by atoms with Crippen LogP contribution in [-0.4, -0.2) is 35.0 Å². The second-order valence-corrected chi connectivity index (χ2v) is 5.06. The summed E-state index contributed by atoms with van der Waals surface area (Å²) >= 11 is 0. The van der Waals surface area contributed by atoms with E-state index in [1.165, 1.54) is 32.0 Å². The summed E-state index contributed by atoms with van der Waals surface area (Å²) in [6, 6.07) is 5.58. The van der Waals surface area contributed by atoms with Crippen molar-refractivity contribution in [2.24, 2.45) is 0 Å². The normalized spacial score (nSPS) is 10.8. The van der Waals surface area contributed by atoms with Gasteiger partial charge in [-0.15, -0.1) is 0 Å². The molecular weight excluding hydrogens is 279 g/mol. The Morgan fingerprint density at radius 3 is 2.48 bits per heavy atom. The summed E-state index contributed by atoms with van der Waals surface area (Å²) in [6.07, 6.45) is -0.0621. The number of carbonyl (C=O) groups excluding carboxylic acids is 2. The zero-order valence-corrected chi connectivity index (χ0v) is 11.8. The number of rotatable bonds is 6. The first-order valence-corrected chi connectivity index (χ1v) is 6.26. The average Bonchev–Trinajstić information content (AvgIpc) is 2.35. The number of halogens is 1. The molecule has 1 rings (SSSR count). The summed E-state index contributed by atoms with van der Waals surface area (Å²) in [6.45, 7) is 2.33. The predicted octanol–water partition coefficient (Wildman–Crippen LogP) is 0.464. The molecule has 114 valence electrons. The predicted molar refractivity (Wildman–Crippen MR) is 73.0 cm³/mol. The largest absolute Gasteiger partial charge is 0.480 e. The van der Waals surface area contributed by atoms with Crippen LogP contribution in [0, 0.1) is 5.82 Å². The lowest BCUT2D eigenvalue weighted by molar-refractivity contribution is -0.145. The molecule has 0 aliphatic rings. The van der Waals surface area contributed by atoms with Crippen molar-refractivity contribution in [2.45, 2.75) is 25.8 Å². The molecule has 1 aromatic rings. The summed E-state index contributed by atoms with van der Waals surface area (Å²) in [5, 5.41) is 13.5. The molecule has 0 fully saturated rings. The third kappa shape index (κ3) is 5.60. The fraction of sp³-hybridized carbons (Fsp3) is 0.357. The number of hydrogen-bond acceptors (Lipinski definition) is 3. The van der Waals surface area contributed by atoms with Gasteiger partial charge in [0.1, 0.15) is 11.4 Å². The van der Waals surface area contributed by atoms with Crippen molar-refractivity contribution in [3.05, 3.63) is 35.6 Å². The molecule has 0 spiro atoms. The molecule has 0 bridgehead atoms. The van der Waals surface area contributed by atoms with Crippen LogP contribution in [-0.2, 0) is 20.8 Å². The van der Waals surface area contributed by atoms with Crippen molar-refractivity contribution in [3.8, 4) is 0 Å². The second kappa shape index (κ2) is 6.83. The summed E-state index contributed by atoms with van der Waals surface area (Å²) < 4.78 is 12.9. The van der Waals surface area contributed by atoms with Gasteiger partial charge in [0, 0.05) is 0 Å². The van der Waals surface area contributed by atoms with Crippen LogP contribution in [0.15, 0.2) is 24.3 Å². The molecular formula is C14H17FN2O4. The Bertz CT molecular complexity index is 558. The molecule has 0 aromatic heterocycles. The summed E-state index contributed by atoms with van der Waals surface area (Å²) in [7, 11) is 0. The molecule has 21 heavy (non-hydrogen) atoms. The van der Waals surface area contributed by atoms with Crippen LogP contribution in [0.2, 0.25) is 0 Å². The highest BCUT2D eigenvalue weighted by molar-refractivity contribution is 5.89. The molecule has 0 aliphatic carbocycles. The number of amides is 2. The third-order valence-electron chi connectivity index (χ3n) is 2.69. The van der Waals surface area contributed by atoms with E-state index in [1.54, 1.807) is 6.07 Å². The van der Waals surface area contributed by atoms with E-state index in [0.717, 1.165) is 0 Å². The molecule has 0 saturated carbocycles. The molecule has 0 radical (unpaired) electrons. The van der Waals surface area contributed by atoms with Crippen LogP contribution in [0.3, 0.4) is 0 Å². The van der Waals surface area contributed by atoms with E-state index in [9.17, 15) is 18.8 Å². The standard InChI is InChI=1S/C14H17FN2O4/c1-14(2,13(20)21)17-12(19)8-16-11(18)7-9-4-3-5-10(15)6-9/h3-6H,7-8H2,1-2H3,(H,16,18)(H,17,19)(H,20,21). The Balaban J connectivity index is 2.43. The smallest absolute Gasteiger partial charge is 0.328 e. The quantitative estimate of drug-likeness (QED) is 0.711. The van der Waals surface area contributed by atoms with E-state index in [2.05, 4.69) is 10.6 Å². The number of nitrogens with one attached hydrogen (secondary N) is 2. The molecule has 0 atom stereocenters. The van der Waals surface area contributed by atoms with Crippen LogP contribution >= 0.6 is 0 Å². The maximum Gasteiger partial charge on any atom is 0.328 e. The van der Waals surface area contributed by atoms with Crippen molar-refractivity contribution in [3.63, 3.8) is 0 Å². The maximum absolute atomic E-state index is 12.9. The Hall–Kier alpha value is -2.44. The van der Waals surface area contributed by atoms with Crippen molar-refractivity contribution >= 4 is 17.8 Å². The number of hydrogen-bond donors (Lipinski definition) is 3. The lowest BCUT2D eigenvalue weighted by atomic mass is 10.1. The molecule has 1 aromatic carbocycles. The van der Waals surface area contributed by atoms with E-state index in [4.69, 9.17) is 5.11 Å². The van der Waals surface area contributed by atoms with Gasteiger partial charge in [0.05, 0.1) is 13.0 Å². The van der Waals surface area contributed by atoms with Gasteiger partial charge in [0.2, 0.25) is 11.8 Å². The molecule has 0 unspecified atom stereocenters. The molecule has 0 aliphatic heterocycles. The van der Waals surface area contributed by atoms with Crippen molar-refractivity contribution in [2.75, 3.05) is 6.54 Å². The summed E-state index contributed by atoms with van der Waals surface area (Å²) in [5.41, 5.74) is -0.927. The van der Waals surface area contributed by atoms with E-state index < -0.39 is 29.1 Å². The highest BCUT2D eigenvalue weighted by Crippen LogP contribution is 2.04. The minimum absolute atomic E-state index is 0.0621. The van der Waals surface area contributed by atoms with Gasteiger partial charge in [-0.25, -0.2) is 9.18 Å². The fourth-order valence-electron chi connectivity index (χ4n) is 1.52. The van der Waals surface area contributed by atoms with Crippen LogP contribution in [0.1, 0.15) is 19.4 Å². The highest BCUT2D eigenvalue weighted by atomic mass is 19.1. The first kappa shape index (κ1) is 16.6. The van der Waals surface area contributed by atoms with Crippen molar-refractivity contribution in [1.29, 1.82) is 0 Å². The van der Waals surface area contributed by atoms with Gasteiger partial charge in [0.25, 0.3) is 0 Å². The third-order valence-corrected chi connectivity index (χ3v) is 2.69. The van der Waals surface area contributed by atoms with Crippen LogP contribution in [0.4, 0.5) is 4.39 Å². The Kier molecular flexibility index (Phi) is 5.40.